The van der Waals surface area contributed by atoms with Crippen molar-refractivity contribution in [1.29, 1.82) is 0 Å². The highest BCUT2D eigenvalue weighted by Gasteiger charge is 2.13. The molecule has 0 amide bonds. The summed E-state index contributed by atoms with van der Waals surface area (Å²) in [6.07, 6.45) is 0.869. The summed E-state index contributed by atoms with van der Waals surface area (Å²) < 4.78 is 29.4. The van der Waals surface area contributed by atoms with Crippen molar-refractivity contribution in [1.82, 2.24) is 0 Å². The van der Waals surface area contributed by atoms with Crippen LogP contribution in [0.3, 0.4) is 0 Å². The number of nitrogens with zero attached hydrogens (tertiary/aromatic N) is 1. The largest absolute Gasteiger partial charge is 0.439 e. The first kappa shape index (κ1) is 12.2. The topological polar surface area (TPSA) is 72.8 Å². The van der Waals surface area contributed by atoms with Crippen LogP contribution in [0.15, 0.2) is 27.1 Å². The summed E-state index contributed by atoms with van der Waals surface area (Å²) >= 11 is 8.81. The van der Waals surface area contributed by atoms with Crippen LogP contribution in [0.2, 0.25) is 5.02 Å². The molecule has 0 N–H and O–H groups in total. The van der Waals surface area contributed by atoms with Crippen LogP contribution in [-0.4, -0.2) is 14.5 Å². The van der Waals surface area contributed by atoms with E-state index < -0.39 is 10.3 Å². The van der Waals surface area contributed by atoms with Crippen molar-refractivity contribution in [3.63, 3.8) is 0 Å². The molecule has 1 aromatic carbocycles. The van der Waals surface area contributed by atoms with Gasteiger partial charge in [0.15, 0.2) is 5.75 Å². The summed E-state index contributed by atoms with van der Waals surface area (Å²) in [5.41, 5.74) is 0. The Labute approximate surface area is 99.1 Å². The fourth-order valence-corrected chi connectivity index (χ4v) is 1.98. The maximum absolute atomic E-state index is 10.9. The maximum Gasteiger partial charge on any atom is 0.439 e. The summed E-state index contributed by atoms with van der Waals surface area (Å²) in [6, 6.07) is 4.29. The smallest absolute Gasteiger partial charge is 0.363 e. The SMILES string of the molecule is O=C=NS(=O)(=O)Oc1ccc(Br)cc1Cl. The van der Waals surface area contributed by atoms with Gasteiger partial charge in [0.05, 0.1) is 5.02 Å². The van der Waals surface area contributed by atoms with E-state index in [2.05, 4.69) is 24.5 Å². The lowest BCUT2D eigenvalue weighted by Crippen LogP contribution is -2.05. The van der Waals surface area contributed by atoms with E-state index in [-0.39, 0.29) is 10.8 Å². The Morgan fingerprint density at radius 2 is 2.13 bits per heavy atom. The van der Waals surface area contributed by atoms with E-state index in [0.717, 1.165) is 6.08 Å². The van der Waals surface area contributed by atoms with Gasteiger partial charge in [0.2, 0.25) is 0 Å². The molecule has 0 fully saturated rings. The van der Waals surface area contributed by atoms with Crippen LogP contribution < -0.4 is 4.18 Å². The van der Waals surface area contributed by atoms with Crippen molar-refractivity contribution in [2.75, 3.05) is 0 Å². The fourth-order valence-electron chi connectivity index (χ4n) is 0.721. The minimum absolute atomic E-state index is 0.0778. The molecule has 15 heavy (non-hydrogen) atoms. The number of halogens is 2. The molecule has 0 saturated carbocycles. The third-order valence-electron chi connectivity index (χ3n) is 1.24. The van der Waals surface area contributed by atoms with Gasteiger partial charge in [-0.15, -0.1) is 0 Å². The first-order valence-corrected chi connectivity index (χ1v) is 5.97. The second-order valence-corrected chi connectivity index (χ2v) is 4.80. The van der Waals surface area contributed by atoms with Gasteiger partial charge in [0.25, 0.3) is 6.08 Å². The van der Waals surface area contributed by atoms with Gasteiger partial charge < -0.3 is 4.18 Å². The van der Waals surface area contributed by atoms with Gasteiger partial charge >= 0.3 is 10.3 Å². The molecule has 0 aromatic heterocycles. The first-order chi connectivity index (χ1) is 6.94. The van der Waals surface area contributed by atoms with E-state index in [0.29, 0.717) is 4.47 Å². The highest BCUT2D eigenvalue weighted by atomic mass is 79.9. The molecule has 0 atom stereocenters. The third-order valence-corrected chi connectivity index (χ3v) is 2.72. The van der Waals surface area contributed by atoms with Crippen LogP contribution >= 0.6 is 27.5 Å². The molecule has 0 aliphatic heterocycles. The lowest BCUT2D eigenvalue weighted by Gasteiger charge is -2.03. The predicted octanol–water partition coefficient (Wildman–Crippen LogP) is 2.06. The molecule has 0 aliphatic rings. The van der Waals surface area contributed by atoms with E-state index >= 15 is 0 Å². The van der Waals surface area contributed by atoms with E-state index in [1.165, 1.54) is 18.2 Å². The zero-order chi connectivity index (χ0) is 11.5. The highest BCUT2D eigenvalue weighted by molar-refractivity contribution is 9.10. The Kier molecular flexibility index (Phi) is 3.87. The molecular weight excluding hydrogens is 310 g/mol. The number of isocyanates is 1. The van der Waals surface area contributed by atoms with Crippen molar-refractivity contribution in [2.45, 2.75) is 0 Å². The van der Waals surface area contributed by atoms with E-state index in [1.54, 1.807) is 0 Å². The van der Waals surface area contributed by atoms with Crippen LogP contribution in [0.1, 0.15) is 0 Å². The lowest BCUT2D eigenvalue weighted by molar-refractivity contribution is 0.487. The monoisotopic (exact) mass is 311 g/mol. The van der Waals surface area contributed by atoms with Crippen molar-refractivity contribution >= 4 is 43.9 Å². The molecule has 0 unspecified atom stereocenters. The summed E-state index contributed by atoms with van der Waals surface area (Å²) in [5, 5.41) is 0.0778. The first-order valence-electron chi connectivity index (χ1n) is 3.43. The molecular formula is C7H3BrClNO4S. The van der Waals surface area contributed by atoms with Gasteiger partial charge in [0, 0.05) is 4.47 Å². The number of hydrogen-bond acceptors (Lipinski definition) is 4. The van der Waals surface area contributed by atoms with Crippen molar-refractivity contribution in [2.24, 2.45) is 4.40 Å². The average molecular weight is 313 g/mol. The van der Waals surface area contributed by atoms with E-state index in [9.17, 15) is 13.2 Å². The Bertz CT molecular complexity index is 524. The second kappa shape index (κ2) is 4.76. The lowest BCUT2D eigenvalue weighted by atomic mass is 10.3. The van der Waals surface area contributed by atoms with E-state index in [1.807, 2.05) is 0 Å². The van der Waals surface area contributed by atoms with Crippen molar-refractivity contribution in [3.8, 4) is 5.75 Å². The Morgan fingerprint density at radius 1 is 1.47 bits per heavy atom. The molecule has 0 radical (unpaired) electrons. The van der Waals surface area contributed by atoms with Crippen LogP contribution in [0.25, 0.3) is 0 Å². The summed E-state index contributed by atoms with van der Waals surface area (Å²) in [6.45, 7) is 0. The Morgan fingerprint density at radius 3 is 2.67 bits per heavy atom. The molecule has 1 aromatic rings. The predicted molar refractivity (Wildman–Crippen MR) is 56.8 cm³/mol. The van der Waals surface area contributed by atoms with Crippen molar-refractivity contribution < 1.29 is 17.4 Å². The van der Waals surface area contributed by atoms with Crippen LogP contribution in [0.5, 0.6) is 5.75 Å². The molecule has 1 rings (SSSR count). The summed E-state index contributed by atoms with van der Waals surface area (Å²) in [5.74, 6) is -0.112. The van der Waals surface area contributed by atoms with Gasteiger partial charge in [-0.1, -0.05) is 27.5 Å². The third kappa shape index (κ3) is 3.64. The minimum atomic E-state index is -4.32. The standard InChI is InChI=1S/C7H3BrClNO4S/c8-5-1-2-7(6(9)3-5)14-15(12,13)10-4-11/h1-3H. The Balaban J connectivity index is 3.05. The van der Waals surface area contributed by atoms with Gasteiger partial charge in [-0.3, -0.25) is 0 Å². The highest BCUT2D eigenvalue weighted by Crippen LogP contribution is 2.28. The molecule has 0 heterocycles. The van der Waals surface area contributed by atoms with Gasteiger partial charge in [-0.25, -0.2) is 4.79 Å². The number of rotatable bonds is 3. The van der Waals surface area contributed by atoms with Gasteiger partial charge in [0.1, 0.15) is 0 Å². The maximum atomic E-state index is 10.9. The normalized spacial score (nSPS) is 10.5. The van der Waals surface area contributed by atoms with Crippen LogP contribution in [0.4, 0.5) is 0 Å². The zero-order valence-corrected chi connectivity index (χ0v) is 10.1. The van der Waals surface area contributed by atoms with Crippen LogP contribution in [0, 0.1) is 0 Å². The fraction of sp³-hybridized carbons (Fsp3) is 0. The molecule has 80 valence electrons. The second-order valence-electron chi connectivity index (χ2n) is 2.27. The van der Waals surface area contributed by atoms with Gasteiger partial charge in [-0.2, -0.15) is 8.42 Å². The average Bonchev–Trinajstić information content (AvgIpc) is 2.09. The van der Waals surface area contributed by atoms with E-state index in [4.69, 9.17) is 11.6 Å². The summed E-state index contributed by atoms with van der Waals surface area (Å²) in [4.78, 5) is 9.76. The van der Waals surface area contributed by atoms with Crippen LogP contribution in [-0.2, 0) is 15.1 Å². The minimum Gasteiger partial charge on any atom is -0.363 e. The molecule has 8 heteroatoms. The molecule has 5 nitrogen and oxygen atoms in total. The molecule has 0 spiro atoms. The van der Waals surface area contributed by atoms with Crippen molar-refractivity contribution in [3.05, 3.63) is 27.7 Å². The van der Waals surface area contributed by atoms with Gasteiger partial charge in [-0.05, 0) is 22.6 Å². The summed E-state index contributed by atoms with van der Waals surface area (Å²) in [7, 11) is -4.32. The number of hydrogen-bond donors (Lipinski definition) is 0. The molecule has 0 bridgehead atoms. The number of carbonyl (C=O) groups excluding carboxylic acids is 1. The zero-order valence-electron chi connectivity index (χ0n) is 6.98. The Hall–Kier alpha value is -0.880. The quantitative estimate of drug-likeness (QED) is 0.632. The molecule has 0 aliphatic carbocycles. The molecule has 0 saturated heterocycles. The number of benzene rings is 1.